The third kappa shape index (κ3) is 5.25. The van der Waals surface area contributed by atoms with Crippen LogP contribution in [0, 0.1) is 23.2 Å². The van der Waals surface area contributed by atoms with Crippen LogP contribution in [-0.2, 0) is 19.1 Å². The Morgan fingerprint density at radius 2 is 1.95 bits per heavy atom. The highest BCUT2D eigenvalue weighted by Gasteiger charge is 2.77. The number of carbonyl (C=O) groups is 3. The van der Waals surface area contributed by atoms with Gasteiger partial charge in [0.2, 0.25) is 11.8 Å². The monoisotopic (exact) mass is 600 g/mol. The molecule has 0 saturated carbocycles. The van der Waals surface area contributed by atoms with Gasteiger partial charge in [0, 0.05) is 22.2 Å². The predicted octanol–water partition coefficient (Wildman–Crippen LogP) is 4.26. The molecule has 0 aliphatic carbocycles. The summed E-state index contributed by atoms with van der Waals surface area (Å²) < 4.78 is 4.66. The number of hydrogen-bond donors (Lipinski definition) is 1. The van der Waals surface area contributed by atoms with Crippen molar-refractivity contribution < 1.29 is 24.2 Å². The molecule has 3 heterocycles. The molecule has 2 bridgehead atoms. The summed E-state index contributed by atoms with van der Waals surface area (Å²) in [5, 5.41) is 10.3. The van der Waals surface area contributed by atoms with Crippen LogP contribution in [-0.4, -0.2) is 84.9 Å². The third-order valence-electron chi connectivity index (χ3n) is 8.10. The summed E-state index contributed by atoms with van der Waals surface area (Å²) in [5.74, 6) is -2.09. The van der Waals surface area contributed by atoms with Crippen LogP contribution < -0.4 is 0 Å². The number of likely N-dealkylation sites (tertiary alicyclic amines) is 1. The van der Waals surface area contributed by atoms with Crippen LogP contribution in [0.5, 0.6) is 0 Å². The molecule has 7 atom stereocenters. The zero-order valence-corrected chi connectivity index (χ0v) is 26.0. The molecule has 0 aromatic carbocycles. The van der Waals surface area contributed by atoms with Crippen molar-refractivity contribution in [1.29, 1.82) is 0 Å². The smallest absolute Gasteiger partial charge is 0.310 e. The van der Waals surface area contributed by atoms with E-state index in [1.54, 1.807) is 29.7 Å². The minimum absolute atomic E-state index is 0.0201. The fourth-order valence-electron chi connectivity index (χ4n) is 7.14. The highest BCUT2D eigenvalue weighted by Crippen LogP contribution is 2.68. The summed E-state index contributed by atoms with van der Waals surface area (Å²) in [6.07, 6.45) is 3.09. The predicted molar refractivity (Wildman–Crippen MR) is 151 cm³/mol. The maximum absolute atomic E-state index is 14.8. The van der Waals surface area contributed by atoms with Crippen molar-refractivity contribution in [2.75, 3.05) is 19.8 Å². The van der Waals surface area contributed by atoms with Gasteiger partial charge in [-0.05, 0) is 44.9 Å². The Bertz CT molecular complexity index is 919. The number of ether oxygens (including phenoxy) is 1. The van der Waals surface area contributed by atoms with Gasteiger partial charge in [0.15, 0.2) is 0 Å². The van der Waals surface area contributed by atoms with E-state index in [0.717, 1.165) is 6.42 Å². The number of thioether (sulfide) groups is 1. The number of aliphatic hydroxyl groups is 1. The maximum atomic E-state index is 14.8. The molecule has 3 aliphatic heterocycles. The highest BCUT2D eigenvalue weighted by atomic mass is 79.9. The Morgan fingerprint density at radius 1 is 1.32 bits per heavy atom. The van der Waals surface area contributed by atoms with E-state index in [-0.39, 0.29) is 52.4 Å². The number of fused-ring (bicyclic) bond motifs is 1. The van der Waals surface area contributed by atoms with Gasteiger partial charge in [-0.1, -0.05) is 56.6 Å². The normalized spacial score (nSPS) is 32.0. The number of nitrogens with zero attached hydrogens (tertiary/aromatic N) is 2. The van der Waals surface area contributed by atoms with E-state index in [0.29, 0.717) is 13.0 Å². The van der Waals surface area contributed by atoms with Gasteiger partial charge < -0.3 is 19.6 Å². The average molecular weight is 602 g/mol. The standard InChI is InChI=1S/C28H45BrN2O5S/c1-10-12-30(27(8,9)15-26(5,6)7)24(34)22-28-13-17(29)21(37-28)19(25(35)36-11-2)20(28)23(33)31(22)18(14-32)16(3)4/h10,16-22,32H,1,11-15H2,2-9H3/t17?,18-,19+,20-,21+,22?,28?/m0/s1. The van der Waals surface area contributed by atoms with Crippen molar-refractivity contribution in [2.24, 2.45) is 23.2 Å². The van der Waals surface area contributed by atoms with Crippen molar-refractivity contribution in [3.8, 4) is 0 Å². The highest BCUT2D eigenvalue weighted by molar-refractivity contribution is 9.09. The number of carbonyl (C=O) groups excluding carboxylic acids is 3. The molecule has 3 saturated heterocycles. The van der Waals surface area contributed by atoms with Gasteiger partial charge >= 0.3 is 5.97 Å². The van der Waals surface area contributed by atoms with E-state index in [1.807, 2.05) is 18.7 Å². The van der Waals surface area contributed by atoms with E-state index in [4.69, 9.17) is 4.74 Å². The zero-order chi connectivity index (χ0) is 28.1. The van der Waals surface area contributed by atoms with Crippen LogP contribution >= 0.6 is 27.7 Å². The molecule has 3 unspecified atom stereocenters. The Hall–Kier alpha value is -1.06. The number of aliphatic hydroxyl groups excluding tert-OH is 1. The van der Waals surface area contributed by atoms with Gasteiger partial charge in [-0.2, -0.15) is 0 Å². The van der Waals surface area contributed by atoms with Gasteiger partial charge in [0.25, 0.3) is 0 Å². The lowest BCUT2D eigenvalue weighted by Crippen LogP contribution is -2.62. The Labute approximate surface area is 235 Å². The van der Waals surface area contributed by atoms with Crippen LogP contribution in [0.1, 0.15) is 68.2 Å². The van der Waals surface area contributed by atoms with Crippen molar-refractivity contribution in [3.05, 3.63) is 12.7 Å². The Balaban J connectivity index is 2.18. The van der Waals surface area contributed by atoms with Gasteiger partial charge in [0.1, 0.15) is 6.04 Å². The lowest BCUT2D eigenvalue weighted by molar-refractivity contribution is -0.154. The Kier molecular flexibility index (Phi) is 8.93. The average Bonchev–Trinajstić information content (AvgIpc) is 3.34. The first-order valence-corrected chi connectivity index (χ1v) is 15.2. The van der Waals surface area contributed by atoms with Crippen LogP contribution in [0.15, 0.2) is 12.7 Å². The number of alkyl halides is 1. The fourth-order valence-corrected chi connectivity index (χ4v) is 10.7. The number of hydrogen-bond acceptors (Lipinski definition) is 6. The van der Waals surface area contributed by atoms with Gasteiger partial charge in [-0.3, -0.25) is 14.4 Å². The first kappa shape index (κ1) is 30.5. The number of rotatable bonds is 10. The number of halogens is 1. The molecule has 1 N–H and O–H groups in total. The largest absolute Gasteiger partial charge is 0.466 e. The van der Waals surface area contributed by atoms with E-state index in [1.165, 1.54) is 0 Å². The molecule has 3 fully saturated rings. The minimum atomic E-state index is -0.793. The molecule has 37 heavy (non-hydrogen) atoms. The topological polar surface area (TPSA) is 87.2 Å². The molecule has 0 aromatic heterocycles. The molecule has 1 spiro atoms. The van der Waals surface area contributed by atoms with Crippen LogP contribution in [0.25, 0.3) is 0 Å². The van der Waals surface area contributed by atoms with Gasteiger partial charge in [0.05, 0.1) is 35.8 Å². The summed E-state index contributed by atoms with van der Waals surface area (Å²) in [4.78, 5) is 45.7. The van der Waals surface area contributed by atoms with Gasteiger partial charge in [-0.15, -0.1) is 18.3 Å². The van der Waals surface area contributed by atoms with Crippen LogP contribution in [0.4, 0.5) is 0 Å². The molecule has 0 aromatic rings. The molecular formula is C28H45BrN2O5S. The molecule has 210 valence electrons. The summed E-state index contributed by atoms with van der Waals surface area (Å²) in [5.41, 5.74) is -0.535. The molecule has 3 rings (SSSR count). The van der Waals surface area contributed by atoms with Crippen molar-refractivity contribution in [3.63, 3.8) is 0 Å². The summed E-state index contributed by atoms with van der Waals surface area (Å²) in [6.45, 7) is 20.5. The summed E-state index contributed by atoms with van der Waals surface area (Å²) in [7, 11) is 0. The van der Waals surface area contributed by atoms with Crippen molar-refractivity contribution in [1.82, 2.24) is 9.80 Å². The maximum Gasteiger partial charge on any atom is 0.310 e. The first-order valence-electron chi connectivity index (χ1n) is 13.4. The van der Waals surface area contributed by atoms with Crippen molar-refractivity contribution >= 4 is 45.5 Å². The second kappa shape index (κ2) is 10.8. The Morgan fingerprint density at radius 3 is 2.43 bits per heavy atom. The fraction of sp³-hybridized carbons (Fsp3) is 0.821. The van der Waals surface area contributed by atoms with Gasteiger partial charge in [-0.25, -0.2) is 0 Å². The SMILES string of the molecule is C=CCN(C(=O)C1N([C@@H](CO)C(C)C)C(=O)[C@@H]2[C@@H](C(=O)OCC)[C@@H]3SC12CC3Br)C(C)(C)CC(C)(C)C. The molecule has 2 amide bonds. The lowest BCUT2D eigenvalue weighted by atomic mass is 9.70. The minimum Gasteiger partial charge on any atom is -0.466 e. The van der Waals surface area contributed by atoms with E-state index < -0.39 is 34.2 Å². The second-order valence-electron chi connectivity index (χ2n) is 12.9. The molecule has 9 heteroatoms. The van der Waals surface area contributed by atoms with E-state index in [9.17, 15) is 19.5 Å². The van der Waals surface area contributed by atoms with E-state index >= 15 is 0 Å². The zero-order valence-electron chi connectivity index (χ0n) is 23.6. The molecule has 7 nitrogen and oxygen atoms in total. The first-order chi connectivity index (χ1) is 17.1. The molecular weight excluding hydrogens is 556 g/mol. The second-order valence-corrected chi connectivity index (χ2v) is 15.7. The van der Waals surface area contributed by atoms with Crippen LogP contribution in [0.3, 0.4) is 0 Å². The number of esters is 1. The van der Waals surface area contributed by atoms with Crippen LogP contribution in [0.2, 0.25) is 0 Å². The summed E-state index contributed by atoms with van der Waals surface area (Å²) in [6, 6.07) is -1.33. The molecule has 0 radical (unpaired) electrons. The molecule has 3 aliphatic rings. The lowest BCUT2D eigenvalue weighted by Gasteiger charge is -2.47. The number of amides is 2. The quantitative estimate of drug-likeness (QED) is 0.229. The van der Waals surface area contributed by atoms with Crippen molar-refractivity contribution in [2.45, 2.75) is 101 Å². The summed E-state index contributed by atoms with van der Waals surface area (Å²) >= 11 is 5.38. The van der Waals surface area contributed by atoms with E-state index in [2.05, 4.69) is 57.1 Å². The third-order valence-corrected chi connectivity index (χ3v) is 11.3.